The summed E-state index contributed by atoms with van der Waals surface area (Å²) in [5.74, 6) is 0. The summed E-state index contributed by atoms with van der Waals surface area (Å²) in [5.41, 5.74) is 0.760. The predicted octanol–water partition coefficient (Wildman–Crippen LogP) is 0.552. The van der Waals surface area contributed by atoms with Crippen molar-refractivity contribution in [2.24, 2.45) is 0 Å². The second-order valence-corrected chi connectivity index (χ2v) is 5.16. The van der Waals surface area contributed by atoms with Crippen LogP contribution in [0.2, 0.25) is 0 Å². The second kappa shape index (κ2) is 3.94. The molecule has 3 rings (SSSR count). The van der Waals surface area contributed by atoms with E-state index in [2.05, 4.69) is 24.3 Å². The van der Waals surface area contributed by atoms with Gasteiger partial charge >= 0.3 is 14.0 Å². The van der Waals surface area contributed by atoms with Crippen molar-refractivity contribution in [1.82, 2.24) is 25.0 Å². The van der Waals surface area contributed by atoms with Crippen molar-refractivity contribution in [2.45, 2.75) is 6.10 Å². The molecular weight excluding hydrogens is 280 g/mol. The predicted molar refractivity (Wildman–Crippen MR) is 59.2 cm³/mol. The van der Waals surface area contributed by atoms with Gasteiger partial charge in [-0.05, 0) is 31.4 Å². The van der Waals surface area contributed by atoms with Gasteiger partial charge in [-0.1, -0.05) is 4.85 Å². The lowest BCUT2D eigenvalue weighted by Crippen LogP contribution is -2.60. The average Bonchev–Trinajstić information content (AvgIpc) is 2.70. The Balaban J connectivity index is 1.93. The zero-order chi connectivity index (χ0) is 13.7. The SMILES string of the molecule is CN(C)C1(On2nnc3cccnc32)OP(=O)(F)O1. The summed E-state index contributed by atoms with van der Waals surface area (Å²) in [4.78, 5) is 11.4. The number of rotatable bonds is 3. The third kappa shape index (κ3) is 1.98. The van der Waals surface area contributed by atoms with Crippen LogP contribution in [0, 0.1) is 0 Å². The maximum absolute atomic E-state index is 12.9. The van der Waals surface area contributed by atoms with E-state index in [0.29, 0.717) is 5.52 Å². The normalized spacial score (nSPS) is 30.5. The molecule has 19 heavy (non-hydrogen) atoms. The molecule has 1 aliphatic rings. The number of hydrogen-bond donors (Lipinski definition) is 0. The zero-order valence-electron chi connectivity index (χ0n) is 9.93. The van der Waals surface area contributed by atoms with Gasteiger partial charge in [-0.25, -0.2) is 14.4 Å². The Morgan fingerprint density at radius 2 is 2.26 bits per heavy atom. The van der Waals surface area contributed by atoms with Crippen molar-refractivity contribution in [3.63, 3.8) is 0 Å². The fourth-order valence-electron chi connectivity index (χ4n) is 1.48. The Kier molecular flexibility index (Phi) is 2.58. The van der Waals surface area contributed by atoms with E-state index in [0.717, 1.165) is 4.85 Å². The van der Waals surface area contributed by atoms with Crippen LogP contribution in [0.1, 0.15) is 0 Å². The Labute approximate surface area is 106 Å². The minimum Gasteiger partial charge on any atom is -0.313 e. The third-order valence-electron chi connectivity index (χ3n) is 2.38. The first kappa shape index (κ1) is 12.4. The highest BCUT2D eigenvalue weighted by Gasteiger charge is 2.63. The van der Waals surface area contributed by atoms with Crippen molar-refractivity contribution >= 4 is 19.1 Å². The molecule has 0 bridgehead atoms. The molecule has 0 spiro atoms. The van der Waals surface area contributed by atoms with Crippen molar-refractivity contribution in [2.75, 3.05) is 14.1 Å². The van der Waals surface area contributed by atoms with Gasteiger partial charge in [0.2, 0.25) is 5.65 Å². The fraction of sp³-hybridized carbons (Fsp3) is 0.375. The van der Waals surface area contributed by atoms with Gasteiger partial charge in [0.05, 0.1) is 0 Å². The molecule has 102 valence electrons. The van der Waals surface area contributed by atoms with E-state index in [1.54, 1.807) is 12.1 Å². The van der Waals surface area contributed by atoms with E-state index in [1.165, 1.54) is 25.2 Å². The van der Waals surface area contributed by atoms with Gasteiger partial charge in [-0.3, -0.25) is 0 Å². The van der Waals surface area contributed by atoms with E-state index in [1.807, 2.05) is 0 Å². The quantitative estimate of drug-likeness (QED) is 0.597. The number of halogens is 1. The lowest BCUT2D eigenvalue weighted by molar-refractivity contribution is -0.424. The van der Waals surface area contributed by atoms with E-state index >= 15 is 0 Å². The molecule has 0 unspecified atom stereocenters. The van der Waals surface area contributed by atoms with Crippen LogP contribution in [0.15, 0.2) is 18.3 Å². The maximum Gasteiger partial charge on any atom is 0.525 e. The van der Waals surface area contributed by atoms with Gasteiger partial charge in [0.1, 0.15) is 5.52 Å². The minimum atomic E-state index is -4.57. The van der Waals surface area contributed by atoms with E-state index in [4.69, 9.17) is 4.84 Å². The largest absolute Gasteiger partial charge is 0.525 e. The number of fused-ring (bicyclic) bond motifs is 1. The average molecular weight is 289 g/mol. The second-order valence-electron chi connectivity index (χ2n) is 3.93. The number of hydrogen-bond acceptors (Lipinski definition) is 8. The van der Waals surface area contributed by atoms with Crippen molar-refractivity contribution in [3.8, 4) is 0 Å². The van der Waals surface area contributed by atoms with Crippen LogP contribution >= 0.6 is 7.91 Å². The molecule has 0 atom stereocenters. The van der Waals surface area contributed by atoms with Crippen molar-refractivity contribution in [3.05, 3.63) is 18.3 Å². The van der Waals surface area contributed by atoms with Crippen LogP contribution in [0.5, 0.6) is 0 Å². The maximum atomic E-state index is 12.9. The molecule has 2 aromatic rings. The van der Waals surface area contributed by atoms with Gasteiger partial charge in [0.15, 0.2) is 0 Å². The molecule has 1 aliphatic heterocycles. The van der Waals surface area contributed by atoms with Crippen LogP contribution in [0.4, 0.5) is 4.20 Å². The first-order valence-corrected chi connectivity index (χ1v) is 6.60. The van der Waals surface area contributed by atoms with Crippen LogP contribution < -0.4 is 4.84 Å². The van der Waals surface area contributed by atoms with Crippen LogP contribution in [-0.2, 0) is 13.6 Å². The molecule has 9 nitrogen and oxygen atoms in total. The summed E-state index contributed by atoms with van der Waals surface area (Å²) < 4.78 is 33.0. The summed E-state index contributed by atoms with van der Waals surface area (Å²) >= 11 is 0. The fourth-order valence-corrected chi connectivity index (χ4v) is 2.43. The molecule has 2 aromatic heterocycles. The monoisotopic (exact) mass is 289 g/mol. The standard InChI is InChI=1S/C8H9FN5O4P/c1-13(2)8(17-19(9,15)18-8)16-14-7-6(11-12-14)4-3-5-10-7/h3-5H,1-2H3. The highest BCUT2D eigenvalue weighted by molar-refractivity contribution is 7.49. The van der Waals surface area contributed by atoms with Gasteiger partial charge in [0.25, 0.3) is 0 Å². The smallest absolute Gasteiger partial charge is 0.313 e. The molecule has 0 N–H and O–H groups in total. The topological polar surface area (TPSA) is 91.6 Å². The molecular formula is C8H9FN5O4P. The van der Waals surface area contributed by atoms with Gasteiger partial charge in [0, 0.05) is 6.20 Å². The van der Waals surface area contributed by atoms with E-state index in [9.17, 15) is 8.76 Å². The summed E-state index contributed by atoms with van der Waals surface area (Å²) in [7, 11) is -1.59. The molecule has 1 fully saturated rings. The molecule has 11 heteroatoms. The van der Waals surface area contributed by atoms with Crippen LogP contribution in [0.25, 0.3) is 11.2 Å². The lowest BCUT2D eigenvalue weighted by atomic mass is 10.4. The zero-order valence-corrected chi connectivity index (χ0v) is 10.8. The van der Waals surface area contributed by atoms with Crippen LogP contribution in [-0.4, -0.2) is 45.2 Å². The summed E-state index contributed by atoms with van der Waals surface area (Å²) in [6, 6.07) is 3.34. The molecule has 0 radical (unpaired) electrons. The Hall–Kier alpha value is -1.61. The minimum absolute atomic E-state index is 0.288. The van der Waals surface area contributed by atoms with Crippen LogP contribution in [0.3, 0.4) is 0 Å². The Morgan fingerprint density at radius 3 is 2.89 bits per heavy atom. The van der Waals surface area contributed by atoms with Gasteiger partial charge < -0.3 is 4.84 Å². The first-order valence-electron chi connectivity index (χ1n) is 5.16. The highest BCUT2D eigenvalue weighted by atomic mass is 31.2. The summed E-state index contributed by atoms with van der Waals surface area (Å²) in [6.45, 7) is 0. The molecule has 3 heterocycles. The first-order chi connectivity index (χ1) is 8.92. The van der Waals surface area contributed by atoms with E-state index in [-0.39, 0.29) is 5.65 Å². The third-order valence-corrected chi connectivity index (χ3v) is 3.28. The Morgan fingerprint density at radius 1 is 1.53 bits per heavy atom. The highest BCUT2D eigenvalue weighted by Crippen LogP contribution is 2.65. The molecule has 0 amide bonds. The van der Waals surface area contributed by atoms with E-state index < -0.39 is 14.0 Å². The lowest BCUT2D eigenvalue weighted by Gasteiger charge is -2.42. The molecule has 0 saturated carbocycles. The number of pyridine rings is 1. The Bertz CT molecular complexity index is 666. The number of aromatic nitrogens is 4. The van der Waals surface area contributed by atoms with Crippen molar-refractivity contribution in [1.29, 1.82) is 0 Å². The summed E-state index contributed by atoms with van der Waals surface area (Å²) in [6.07, 6.45) is -0.446. The van der Waals surface area contributed by atoms with Gasteiger partial charge in [-0.2, -0.15) is 9.05 Å². The number of nitrogens with zero attached hydrogens (tertiary/aromatic N) is 5. The summed E-state index contributed by atoms with van der Waals surface area (Å²) in [5, 5.41) is 7.47. The molecule has 0 aromatic carbocycles. The van der Waals surface area contributed by atoms with Crippen molar-refractivity contribution < 1.29 is 22.6 Å². The molecule has 0 aliphatic carbocycles. The molecule has 1 saturated heterocycles. The van der Waals surface area contributed by atoms with Gasteiger partial charge in [-0.15, -0.1) is 9.30 Å².